The first-order valence-corrected chi connectivity index (χ1v) is 3.39. The zero-order valence-corrected chi connectivity index (χ0v) is 6.73. The molecule has 0 atom stereocenters. The second-order valence-corrected chi connectivity index (χ2v) is 2.26. The standard InChI is InChI=1S/C6H10ClNO3/c1-5(7)4-8-6(10)11-3-2-9/h9H,1-4H2,(H,8,10). The average Bonchev–Trinajstić information content (AvgIpc) is 1.97. The molecule has 0 radical (unpaired) electrons. The molecule has 0 aliphatic rings. The highest BCUT2D eigenvalue weighted by Crippen LogP contribution is 1.92. The van der Waals surface area contributed by atoms with Crippen LogP contribution in [0.2, 0.25) is 0 Å². The van der Waals surface area contributed by atoms with Gasteiger partial charge in [0.2, 0.25) is 0 Å². The molecule has 2 N–H and O–H groups in total. The van der Waals surface area contributed by atoms with Gasteiger partial charge >= 0.3 is 6.09 Å². The first kappa shape index (κ1) is 10.3. The third-order valence-electron chi connectivity index (χ3n) is 0.749. The van der Waals surface area contributed by atoms with Gasteiger partial charge in [0.25, 0.3) is 0 Å². The van der Waals surface area contributed by atoms with E-state index in [1.165, 1.54) is 0 Å². The quantitative estimate of drug-likeness (QED) is 0.659. The Hall–Kier alpha value is -0.740. The molecule has 0 aromatic carbocycles. The highest BCUT2D eigenvalue weighted by atomic mass is 35.5. The summed E-state index contributed by atoms with van der Waals surface area (Å²) in [4.78, 5) is 10.6. The van der Waals surface area contributed by atoms with Gasteiger partial charge in [-0.15, -0.1) is 0 Å². The minimum absolute atomic E-state index is 0.0133. The Morgan fingerprint density at radius 1 is 1.73 bits per heavy atom. The Balaban J connectivity index is 3.30. The van der Waals surface area contributed by atoms with Gasteiger partial charge in [-0.3, -0.25) is 0 Å². The summed E-state index contributed by atoms with van der Waals surface area (Å²) in [7, 11) is 0. The van der Waals surface area contributed by atoms with Gasteiger partial charge in [0.1, 0.15) is 6.61 Å². The van der Waals surface area contributed by atoms with E-state index >= 15 is 0 Å². The summed E-state index contributed by atoms with van der Waals surface area (Å²) in [5, 5.41) is 10.9. The fourth-order valence-electron chi connectivity index (χ4n) is 0.357. The predicted molar refractivity (Wildman–Crippen MR) is 41.4 cm³/mol. The summed E-state index contributed by atoms with van der Waals surface area (Å²) in [5.41, 5.74) is 0. The summed E-state index contributed by atoms with van der Waals surface area (Å²) in [6.07, 6.45) is -0.610. The van der Waals surface area contributed by atoms with Crippen LogP contribution in [0, 0.1) is 0 Å². The molecule has 11 heavy (non-hydrogen) atoms. The fraction of sp³-hybridized carbons (Fsp3) is 0.500. The van der Waals surface area contributed by atoms with E-state index in [1.54, 1.807) is 0 Å². The molecular formula is C6H10ClNO3. The number of ether oxygens (including phenoxy) is 1. The van der Waals surface area contributed by atoms with Crippen molar-refractivity contribution in [3.05, 3.63) is 11.6 Å². The molecule has 0 aromatic heterocycles. The highest BCUT2D eigenvalue weighted by molar-refractivity contribution is 6.29. The summed E-state index contributed by atoms with van der Waals surface area (Å²) < 4.78 is 4.44. The second kappa shape index (κ2) is 6.00. The molecule has 0 rings (SSSR count). The van der Waals surface area contributed by atoms with Crippen LogP contribution in [0.3, 0.4) is 0 Å². The van der Waals surface area contributed by atoms with Crippen LogP contribution in [0.1, 0.15) is 0 Å². The van der Waals surface area contributed by atoms with Crippen LogP contribution in [0.25, 0.3) is 0 Å². The molecule has 0 bridgehead atoms. The normalized spacial score (nSPS) is 8.91. The Bertz CT molecular complexity index is 149. The van der Waals surface area contributed by atoms with E-state index in [-0.39, 0.29) is 19.8 Å². The lowest BCUT2D eigenvalue weighted by Crippen LogP contribution is -2.26. The Morgan fingerprint density at radius 2 is 2.36 bits per heavy atom. The zero-order valence-electron chi connectivity index (χ0n) is 5.97. The highest BCUT2D eigenvalue weighted by Gasteiger charge is 1.99. The van der Waals surface area contributed by atoms with Gasteiger partial charge in [0.05, 0.1) is 13.2 Å². The number of aliphatic hydroxyl groups excluding tert-OH is 1. The molecule has 0 unspecified atom stereocenters. The zero-order chi connectivity index (χ0) is 8.69. The number of amides is 1. The monoisotopic (exact) mass is 179 g/mol. The first-order valence-electron chi connectivity index (χ1n) is 3.01. The topological polar surface area (TPSA) is 58.6 Å². The molecule has 0 aliphatic heterocycles. The minimum atomic E-state index is -0.610. The smallest absolute Gasteiger partial charge is 0.407 e. The number of alkyl carbamates (subject to hydrolysis) is 1. The van der Waals surface area contributed by atoms with Crippen LogP contribution >= 0.6 is 11.6 Å². The van der Waals surface area contributed by atoms with Gasteiger partial charge in [-0.2, -0.15) is 0 Å². The number of halogens is 1. The van der Waals surface area contributed by atoms with Gasteiger partial charge in [0.15, 0.2) is 0 Å². The van der Waals surface area contributed by atoms with Crippen LogP contribution in [0.15, 0.2) is 11.6 Å². The Labute approximate surface area is 69.8 Å². The molecule has 5 heteroatoms. The van der Waals surface area contributed by atoms with Crippen molar-refractivity contribution in [1.29, 1.82) is 0 Å². The number of rotatable bonds is 4. The number of nitrogens with one attached hydrogen (secondary N) is 1. The van der Waals surface area contributed by atoms with Gasteiger partial charge in [0, 0.05) is 5.03 Å². The SMILES string of the molecule is C=C(Cl)CNC(=O)OCCO. The molecule has 0 fully saturated rings. The molecule has 0 heterocycles. The lowest BCUT2D eigenvalue weighted by molar-refractivity contribution is 0.120. The van der Waals surface area contributed by atoms with Crippen LogP contribution in [0.5, 0.6) is 0 Å². The van der Waals surface area contributed by atoms with E-state index in [4.69, 9.17) is 16.7 Å². The summed E-state index contributed by atoms with van der Waals surface area (Å²) >= 11 is 5.34. The van der Waals surface area contributed by atoms with Crippen molar-refractivity contribution < 1.29 is 14.6 Å². The Morgan fingerprint density at radius 3 is 2.82 bits per heavy atom. The van der Waals surface area contributed by atoms with Crippen molar-refractivity contribution in [2.45, 2.75) is 0 Å². The number of carbonyl (C=O) groups is 1. The molecule has 0 aliphatic carbocycles. The number of carbonyl (C=O) groups excluding carboxylic acids is 1. The van der Waals surface area contributed by atoms with E-state index < -0.39 is 6.09 Å². The van der Waals surface area contributed by atoms with Crippen LogP contribution in [-0.2, 0) is 4.74 Å². The molecule has 64 valence electrons. The summed E-state index contributed by atoms with van der Waals surface area (Å²) in [6.45, 7) is 3.33. The summed E-state index contributed by atoms with van der Waals surface area (Å²) in [6, 6.07) is 0. The van der Waals surface area contributed by atoms with E-state index in [9.17, 15) is 4.79 Å². The van der Waals surface area contributed by atoms with Gasteiger partial charge < -0.3 is 15.2 Å². The van der Waals surface area contributed by atoms with Crippen molar-refractivity contribution in [3.8, 4) is 0 Å². The van der Waals surface area contributed by atoms with Crippen molar-refractivity contribution in [3.63, 3.8) is 0 Å². The molecule has 0 aromatic rings. The van der Waals surface area contributed by atoms with Crippen LogP contribution < -0.4 is 5.32 Å². The lowest BCUT2D eigenvalue weighted by atomic mass is 10.6. The Kier molecular flexibility index (Phi) is 5.60. The van der Waals surface area contributed by atoms with Crippen molar-refractivity contribution in [2.24, 2.45) is 0 Å². The second-order valence-electron chi connectivity index (χ2n) is 1.73. The largest absolute Gasteiger partial charge is 0.447 e. The lowest BCUT2D eigenvalue weighted by Gasteiger charge is -2.03. The van der Waals surface area contributed by atoms with Crippen LogP contribution in [-0.4, -0.2) is 31.0 Å². The minimum Gasteiger partial charge on any atom is -0.447 e. The average molecular weight is 180 g/mol. The molecular weight excluding hydrogens is 170 g/mol. The van der Waals surface area contributed by atoms with Crippen molar-refractivity contribution in [2.75, 3.05) is 19.8 Å². The van der Waals surface area contributed by atoms with Gasteiger partial charge in [-0.25, -0.2) is 4.79 Å². The molecule has 4 nitrogen and oxygen atoms in total. The molecule has 0 saturated heterocycles. The predicted octanol–water partition coefficient (Wildman–Crippen LogP) is 0.457. The number of hydrogen-bond donors (Lipinski definition) is 2. The first-order chi connectivity index (χ1) is 5.16. The molecule has 0 spiro atoms. The fourth-order valence-corrected chi connectivity index (χ4v) is 0.424. The summed E-state index contributed by atoms with van der Waals surface area (Å²) in [5.74, 6) is 0. The molecule has 0 saturated carbocycles. The number of aliphatic hydroxyl groups is 1. The third-order valence-corrected chi connectivity index (χ3v) is 0.883. The third kappa shape index (κ3) is 7.15. The van der Waals surface area contributed by atoms with Crippen LogP contribution in [0.4, 0.5) is 4.79 Å². The maximum atomic E-state index is 10.6. The van der Waals surface area contributed by atoms with E-state index in [2.05, 4.69) is 16.6 Å². The van der Waals surface area contributed by atoms with Crippen molar-refractivity contribution >= 4 is 17.7 Å². The van der Waals surface area contributed by atoms with Gasteiger partial charge in [-0.1, -0.05) is 18.2 Å². The number of hydrogen-bond acceptors (Lipinski definition) is 3. The van der Waals surface area contributed by atoms with E-state index in [0.29, 0.717) is 5.03 Å². The molecule has 1 amide bonds. The van der Waals surface area contributed by atoms with E-state index in [1.807, 2.05) is 0 Å². The maximum absolute atomic E-state index is 10.6. The van der Waals surface area contributed by atoms with E-state index in [0.717, 1.165) is 0 Å². The van der Waals surface area contributed by atoms with Gasteiger partial charge in [-0.05, 0) is 0 Å². The van der Waals surface area contributed by atoms with Crippen molar-refractivity contribution in [1.82, 2.24) is 5.32 Å². The maximum Gasteiger partial charge on any atom is 0.407 e.